The topological polar surface area (TPSA) is 120 Å². The minimum Gasteiger partial charge on any atom is -0.480 e. The number of anilines is 1. The van der Waals surface area contributed by atoms with Gasteiger partial charge in [0.2, 0.25) is 0 Å². The number of carboxylic acids is 1. The predicted molar refractivity (Wildman–Crippen MR) is 56.6 cm³/mol. The molecule has 0 aliphatic carbocycles. The smallest absolute Gasteiger partial charge is 0.357 e. The molecule has 1 atom stereocenters. The van der Waals surface area contributed by atoms with Gasteiger partial charge in [0.05, 0.1) is 5.30 Å². The van der Waals surface area contributed by atoms with Crippen molar-refractivity contribution in [3.8, 4) is 0 Å². The summed E-state index contributed by atoms with van der Waals surface area (Å²) in [5.74, 6) is -0.798. The number of pyridine rings is 1. The van der Waals surface area contributed by atoms with E-state index in [1.807, 2.05) is 0 Å². The SMILES string of the molecule is C[C@H](Nc1ccc(P(=O)(O)O)cn1)C(=O)O. The van der Waals surface area contributed by atoms with Crippen LogP contribution in [0.1, 0.15) is 6.92 Å². The molecule has 88 valence electrons. The van der Waals surface area contributed by atoms with Crippen LogP contribution in [0.4, 0.5) is 5.82 Å². The second-order valence-electron chi connectivity index (χ2n) is 3.15. The Kier molecular flexibility index (Phi) is 3.64. The molecule has 7 nitrogen and oxygen atoms in total. The Balaban J connectivity index is 2.80. The molecule has 0 aliphatic heterocycles. The first-order valence-corrected chi connectivity index (χ1v) is 5.93. The Morgan fingerprint density at radius 3 is 2.50 bits per heavy atom. The second-order valence-corrected chi connectivity index (χ2v) is 4.75. The van der Waals surface area contributed by atoms with Crippen LogP contribution in [0.3, 0.4) is 0 Å². The van der Waals surface area contributed by atoms with E-state index in [-0.39, 0.29) is 11.1 Å². The third-order valence-corrected chi connectivity index (χ3v) is 2.76. The molecule has 0 saturated heterocycles. The molecule has 8 heteroatoms. The van der Waals surface area contributed by atoms with Gasteiger partial charge in [-0.2, -0.15) is 0 Å². The molecular formula is C8H11N2O5P. The van der Waals surface area contributed by atoms with Crippen LogP contribution in [-0.2, 0) is 9.36 Å². The molecule has 0 fully saturated rings. The summed E-state index contributed by atoms with van der Waals surface area (Å²) >= 11 is 0. The Hall–Kier alpha value is -1.43. The van der Waals surface area contributed by atoms with Gasteiger partial charge in [0, 0.05) is 6.20 Å². The van der Waals surface area contributed by atoms with E-state index < -0.39 is 19.6 Å². The molecule has 1 aromatic heterocycles. The average Bonchev–Trinajstić information content (AvgIpc) is 2.17. The monoisotopic (exact) mass is 246 g/mol. The van der Waals surface area contributed by atoms with Crippen molar-refractivity contribution in [2.45, 2.75) is 13.0 Å². The molecule has 4 N–H and O–H groups in total. The first-order chi connectivity index (χ1) is 7.30. The van der Waals surface area contributed by atoms with Gasteiger partial charge in [0.1, 0.15) is 11.9 Å². The zero-order chi connectivity index (χ0) is 12.3. The lowest BCUT2D eigenvalue weighted by molar-refractivity contribution is -0.137. The van der Waals surface area contributed by atoms with Crippen molar-refractivity contribution >= 4 is 24.7 Å². The maximum atomic E-state index is 10.8. The van der Waals surface area contributed by atoms with Crippen LogP contribution in [-0.4, -0.2) is 31.9 Å². The Bertz CT molecular complexity index is 427. The molecule has 1 rings (SSSR count). The fourth-order valence-electron chi connectivity index (χ4n) is 0.927. The van der Waals surface area contributed by atoms with E-state index in [0.717, 1.165) is 6.20 Å². The van der Waals surface area contributed by atoms with Crippen molar-refractivity contribution in [3.05, 3.63) is 18.3 Å². The van der Waals surface area contributed by atoms with E-state index in [4.69, 9.17) is 14.9 Å². The van der Waals surface area contributed by atoms with Crippen LogP contribution in [0.15, 0.2) is 18.3 Å². The molecule has 0 aliphatic rings. The van der Waals surface area contributed by atoms with Crippen molar-refractivity contribution in [2.24, 2.45) is 0 Å². The highest BCUT2D eigenvalue weighted by Gasteiger charge is 2.17. The van der Waals surface area contributed by atoms with E-state index >= 15 is 0 Å². The molecule has 0 radical (unpaired) electrons. The summed E-state index contributed by atoms with van der Waals surface area (Å²) in [4.78, 5) is 31.8. The molecule has 0 bridgehead atoms. The van der Waals surface area contributed by atoms with Gasteiger partial charge < -0.3 is 20.2 Å². The van der Waals surface area contributed by atoms with Crippen LogP contribution in [0.2, 0.25) is 0 Å². The van der Waals surface area contributed by atoms with E-state index in [2.05, 4.69) is 10.3 Å². The summed E-state index contributed by atoms with van der Waals surface area (Å²) in [6, 6.07) is 1.69. The molecule has 0 amide bonds. The Labute approximate surface area is 91.3 Å². The normalized spacial score (nSPS) is 13.2. The number of aliphatic carboxylic acids is 1. The largest absolute Gasteiger partial charge is 0.480 e. The maximum absolute atomic E-state index is 10.8. The van der Waals surface area contributed by atoms with Gasteiger partial charge in [-0.3, -0.25) is 9.36 Å². The number of nitrogens with zero attached hydrogens (tertiary/aromatic N) is 1. The van der Waals surface area contributed by atoms with Crippen LogP contribution in [0.25, 0.3) is 0 Å². The van der Waals surface area contributed by atoms with Crippen molar-refractivity contribution in [1.82, 2.24) is 4.98 Å². The quantitative estimate of drug-likeness (QED) is 0.541. The highest BCUT2D eigenvalue weighted by Crippen LogP contribution is 2.32. The maximum Gasteiger partial charge on any atom is 0.357 e. The average molecular weight is 246 g/mol. The molecule has 0 unspecified atom stereocenters. The first-order valence-electron chi connectivity index (χ1n) is 4.32. The minimum absolute atomic E-state index is 0.207. The molecule has 1 aromatic rings. The lowest BCUT2D eigenvalue weighted by Gasteiger charge is -2.10. The third kappa shape index (κ3) is 3.30. The van der Waals surface area contributed by atoms with Gasteiger partial charge in [-0.1, -0.05) is 0 Å². The van der Waals surface area contributed by atoms with Crippen LogP contribution in [0.5, 0.6) is 0 Å². The Morgan fingerprint density at radius 2 is 2.12 bits per heavy atom. The minimum atomic E-state index is -4.30. The Morgan fingerprint density at radius 1 is 1.50 bits per heavy atom. The molecule has 1 heterocycles. The van der Waals surface area contributed by atoms with E-state index in [1.54, 1.807) is 0 Å². The number of nitrogens with one attached hydrogen (secondary N) is 1. The fourth-order valence-corrected chi connectivity index (χ4v) is 1.40. The zero-order valence-electron chi connectivity index (χ0n) is 8.36. The van der Waals surface area contributed by atoms with Gasteiger partial charge in [0.15, 0.2) is 0 Å². The van der Waals surface area contributed by atoms with Gasteiger partial charge in [-0.15, -0.1) is 0 Å². The summed E-state index contributed by atoms with van der Waals surface area (Å²) in [5.41, 5.74) is 0. The van der Waals surface area contributed by atoms with Crippen molar-refractivity contribution in [2.75, 3.05) is 5.32 Å². The number of hydrogen-bond donors (Lipinski definition) is 4. The van der Waals surface area contributed by atoms with E-state index in [1.165, 1.54) is 19.1 Å². The highest BCUT2D eigenvalue weighted by molar-refractivity contribution is 7.60. The molecule has 0 saturated carbocycles. The summed E-state index contributed by atoms with van der Waals surface area (Å²) in [7, 11) is -4.30. The number of carbonyl (C=O) groups is 1. The van der Waals surface area contributed by atoms with Crippen molar-refractivity contribution in [3.63, 3.8) is 0 Å². The van der Waals surface area contributed by atoms with E-state index in [0.29, 0.717) is 0 Å². The number of carboxylic acid groups (broad SMARTS) is 1. The van der Waals surface area contributed by atoms with Crippen LogP contribution in [0, 0.1) is 0 Å². The molecular weight excluding hydrogens is 235 g/mol. The number of rotatable bonds is 4. The van der Waals surface area contributed by atoms with Gasteiger partial charge >= 0.3 is 13.6 Å². The standard InChI is InChI=1S/C8H11N2O5P/c1-5(8(11)12)10-7-3-2-6(4-9-7)16(13,14)15/h2-5H,1H3,(H,9,10)(H,11,12)(H2,13,14,15)/t5-/m0/s1. The van der Waals surface area contributed by atoms with E-state index in [9.17, 15) is 9.36 Å². The van der Waals surface area contributed by atoms with Crippen molar-refractivity contribution < 1.29 is 24.3 Å². The van der Waals surface area contributed by atoms with Gasteiger partial charge in [-0.05, 0) is 19.1 Å². The molecule has 0 aromatic carbocycles. The molecule has 16 heavy (non-hydrogen) atoms. The molecule has 0 spiro atoms. The zero-order valence-corrected chi connectivity index (χ0v) is 9.26. The predicted octanol–water partition coefficient (Wildman–Crippen LogP) is -0.230. The summed E-state index contributed by atoms with van der Waals surface area (Å²) in [5, 5.41) is 11.0. The van der Waals surface area contributed by atoms with Crippen LogP contribution >= 0.6 is 7.60 Å². The fraction of sp³-hybridized carbons (Fsp3) is 0.250. The first kappa shape index (κ1) is 12.6. The van der Waals surface area contributed by atoms with Gasteiger partial charge in [0.25, 0.3) is 0 Å². The second kappa shape index (κ2) is 4.61. The third-order valence-electron chi connectivity index (χ3n) is 1.82. The number of aromatic nitrogens is 1. The van der Waals surface area contributed by atoms with Crippen molar-refractivity contribution in [1.29, 1.82) is 0 Å². The summed E-state index contributed by atoms with van der Waals surface area (Å²) in [6.07, 6.45) is 1.01. The van der Waals surface area contributed by atoms with Crippen LogP contribution < -0.4 is 10.6 Å². The van der Waals surface area contributed by atoms with Gasteiger partial charge in [-0.25, -0.2) is 4.98 Å². The number of hydrogen-bond acceptors (Lipinski definition) is 4. The lowest BCUT2D eigenvalue weighted by atomic mass is 10.3. The lowest BCUT2D eigenvalue weighted by Crippen LogP contribution is -2.26. The summed E-state index contributed by atoms with van der Waals surface area (Å²) < 4.78 is 10.8. The highest BCUT2D eigenvalue weighted by atomic mass is 31.2. The summed E-state index contributed by atoms with van der Waals surface area (Å²) in [6.45, 7) is 1.43.